The summed E-state index contributed by atoms with van der Waals surface area (Å²) in [5.74, 6) is 0. The van der Waals surface area contributed by atoms with Gasteiger partial charge in [0.2, 0.25) is 0 Å². The van der Waals surface area contributed by atoms with Crippen molar-refractivity contribution in [1.29, 1.82) is 0 Å². The molecule has 1 rings (SSSR count). The van der Waals surface area contributed by atoms with E-state index in [0.29, 0.717) is 12.3 Å². The van der Waals surface area contributed by atoms with Gasteiger partial charge in [0.05, 0.1) is 0 Å². The van der Waals surface area contributed by atoms with Crippen LogP contribution in [0.2, 0.25) is 39.3 Å². The SMILES string of the molecule is CCC(C)N1CCN(CC)C1NN([Si](C)(C)C)[Si](C)(C)C. The van der Waals surface area contributed by atoms with Crippen molar-refractivity contribution in [3.05, 3.63) is 0 Å². The average molecular weight is 331 g/mol. The van der Waals surface area contributed by atoms with E-state index in [-0.39, 0.29) is 0 Å². The summed E-state index contributed by atoms with van der Waals surface area (Å²) in [7, 11) is -2.75. The standard InChI is InChI=1S/C15H38N4Si2/c1-10-14(3)18-13-12-17(11-2)15(18)16-19(20(4,5)6)21(7,8)9/h14-16H,10-13H2,1-9H3. The smallest absolute Gasteiger partial charge is 0.129 e. The van der Waals surface area contributed by atoms with Gasteiger partial charge in [-0.15, -0.1) is 0 Å². The number of hydrazine groups is 1. The lowest BCUT2D eigenvalue weighted by Gasteiger charge is -2.48. The molecule has 0 aromatic carbocycles. The summed E-state index contributed by atoms with van der Waals surface area (Å²) in [5, 5.41) is 0. The molecule has 0 spiro atoms. The van der Waals surface area contributed by atoms with Gasteiger partial charge in [0, 0.05) is 19.1 Å². The van der Waals surface area contributed by atoms with Crippen LogP contribution in [0.1, 0.15) is 27.2 Å². The van der Waals surface area contributed by atoms with Crippen molar-refractivity contribution >= 4 is 16.5 Å². The molecule has 0 radical (unpaired) electrons. The monoisotopic (exact) mass is 330 g/mol. The largest absolute Gasteiger partial charge is 0.284 e. The molecule has 1 N–H and O–H groups in total. The summed E-state index contributed by atoms with van der Waals surface area (Å²) in [4.78, 5) is 5.23. The van der Waals surface area contributed by atoms with Crippen LogP contribution in [0, 0.1) is 0 Å². The Morgan fingerprint density at radius 2 is 1.57 bits per heavy atom. The van der Waals surface area contributed by atoms with Crippen LogP contribution >= 0.6 is 0 Å². The Labute approximate surface area is 135 Å². The highest BCUT2D eigenvalue weighted by atomic mass is 28.4. The predicted octanol–water partition coefficient (Wildman–Crippen LogP) is 3.18. The number of nitrogens with zero attached hydrogens (tertiary/aromatic N) is 3. The summed E-state index contributed by atoms with van der Waals surface area (Å²) in [6.07, 6.45) is 1.60. The minimum atomic E-state index is -1.38. The zero-order chi connectivity index (χ0) is 16.4. The molecule has 0 amide bonds. The Morgan fingerprint density at radius 3 is 1.95 bits per heavy atom. The van der Waals surface area contributed by atoms with Crippen LogP contribution in [0.5, 0.6) is 0 Å². The maximum Gasteiger partial charge on any atom is 0.129 e. The lowest BCUT2D eigenvalue weighted by Crippen LogP contribution is -2.70. The highest BCUT2D eigenvalue weighted by molar-refractivity contribution is 6.89. The Kier molecular flexibility index (Phi) is 6.65. The fourth-order valence-electron chi connectivity index (χ4n) is 3.39. The zero-order valence-corrected chi connectivity index (χ0v) is 17.8. The first-order valence-electron chi connectivity index (χ1n) is 8.58. The summed E-state index contributed by atoms with van der Waals surface area (Å²) < 4.78 is 2.70. The quantitative estimate of drug-likeness (QED) is 0.571. The van der Waals surface area contributed by atoms with Gasteiger partial charge in [-0.25, -0.2) is 5.43 Å². The van der Waals surface area contributed by atoms with Crippen molar-refractivity contribution in [2.45, 2.75) is 78.8 Å². The number of nitrogens with one attached hydrogen (secondary N) is 1. The lowest BCUT2D eigenvalue weighted by molar-refractivity contribution is 0.0487. The first-order valence-corrected chi connectivity index (χ1v) is 15.5. The van der Waals surface area contributed by atoms with Crippen LogP contribution < -0.4 is 5.43 Å². The van der Waals surface area contributed by atoms with E-state index < -0.39 is 16.5 Å². The van der Waals surface area contributed by atoms with Gasteiger partial charge in [-0.1, -0.05) is 53.1 Å². The summed E-state index contributed by atoms with van der Waals surface area (Å²) in [5.41, 5.74) is 3.97. The van der Waals surface area contributed by atoms with E-state index in [2.05, 4.69) is 79.6 Å². The molecular formula is C15H38N4Si2. The highest BCUT2D eigenvalue weighted by Crippen LogP contribution is 2.22. The zero-order valence-electron chi connectivity index (χ0n) is 15.8. The molecule has 1 saturated heterocycles. The molecule has 1 fully saturated rings. The summed E-state index contributed by atoms with van der Waals surface area (Å²) in [6, 6.07) is 0.643. The molecule has 6 heteroatoms. The molecule has 1 aliphatic heterocycles. The van der Waals surface area contributed by atoms with Crippen LogP contribution in [0.25, 0.3) is 0 Å². The van der Waals surface area contributed by atoms with Gasteiger partial charge < -0.3 is 0 Å². The van der Waals surface area contributed by atoms with E-state index in [1.807, 2.05) is 0 Å². The number of likely N-dealkylation sites (N-methyl/N-ethyl adjacent to an activating group) is 1. The van der Waals surface area contributed by atoms with Gasteiger partial charge in [0.1, 0.15) is 22.8 Å². The minimum Gasteiger partial charge on any atom is -0.284 e. The molecule has 126 valence electrons. The molecule has 4 nitrogen and oxygen atoms in total. The lowest BCUT2D eigenvalue weighted by atomic mass is 10.2. The second-order valence-corrected chi connectivity index (χ2v) is 18.3. The van der Waals surface area contributed by atoms with E-state index >= 15 is 0 Å². The van der Waals surface area contributed by atoms with Gasteiger partial charge in [0.15, 0.2) is 0 Å². The maximum absolute atomic E-state index is 3.97. The Morgan fingerprint density at radius 1 is 1.05 bits per heavy atom. The van der Waals surface area contributed by atoms with Gasteiger partial charge in [-0.3, -0.25) is 14.1 Å². The number of rotatable bonds is 7. The van der Waals surface area contributed by atoms with Crippen molar-refractivity contribution < 1.29 is 0 Å². The molecule has 0 aliphatic carbocycles. The average Bonchev–Trinajstić information content (AvgIpc) is 2.74. The van der Waals surface area contributed by atoms with Crippen LogP contribution in [0.15, 0.2) is 0 Å². The van der Waals surface area contributed by atoms with Crippen molar-refractivity contribution in [1.82, 2.24) is 19.6 Å². The topological polar surface area (TPSA) is 21.8 Å². The van der Waals surface area contributed by atoms with Gasteiger partial charge in [-0.05, 0) is 19.9 Å². The maximum atomic E-state index is 3.97. The van der Waals surface area contributed by atoms with Crippen LogP contribution in [-0.4, -0.2) is 62.6 Å². The van der Waals surface area contributed by atoms with E-state index in [4.69, 9.17) is 0 Å². The van der Waals surface area contributed by atoms with Crippen molar-refractivity contribution in [2.24, 2.45) is 0 Å². The predicted molar refractivity (Wildman–Crippen MR) is 99.2 cm³/mol. The van der Waals surface area contributed by atoms with E-state index in [0.717, 1.165) is 6.54 Å². The Bertz CT molecular complexity index is 311. The third kappa shape index (κ3) is 4.87. The van der Waals surface area contributed by atoms with Crippen molar-refractivity contribution in [3.63, 3.8) is 0 Å². The normalized spacial score (nSPS) is 24.0. The third-order valence-corrected chi connectivity index (χ3v) is 11.4. The summed E-state index contributed by atoms with van der Waals surface area (Å²) >= 11 is 0. The third-order valence-electron chi connectivity index (χ3n) is 4.45. The first-order chi connectivity index (χ1) is 9.52. The van der Waals surface area contributed by atoms with Crippen LogP contribution in [0.4, 0.5) is 0 Å². The molecule has 0 bridgehead atoms. The molecule has 0 saturated carbocycles. The molecule has 1 heterocycles. The van der Waals surface area contributed by atoms with Crippen LogP contribution in [-0.2, 0) is 0 Å². The van der Waals surface area contributed by atoms with Gasteiger partial charge in [-0.2, -0.15) is 0 Å². The van der Waals surface area contributed by atoms with Crippen molar-refractivity contribution in [3.8, 4) is 0 Å². The second-order valence-electron chi connectivity index (χ2n) is 8.30. The molecule has 1 aliphatic rings. The Balaban J connectivity index is 2.97. The van der Waals surface area contributed by atoms with E-state index in [1.54, 1.807) is 0 Å². The fourth-order valence-corrected chi connectivity index (χ4v) is 12.4. The minimum absolute atomic E-state index is 0.378. The van der Waals surface area contributed by atoms with Crippen LogP contribution in [0.3, 0.4) is 0 Å². The number of hydrogen-bond acceptors (Lipinski definition) is 4. The molecule has 0 aromatic heterocycles. The molecule has 2 unspecified atom stereocenters. The highest BCUT2D eigenvalue weighted by Gasteiger charge is 2.40. The van der Waals surface area contributed by atoms with E-state index in [9.17, 15) is 0 Å². The first kappa shape index (κ1) is 19.3. The van der Waals surface area contributed by atoms with E-state index in [1.165, 1.54) is 19.5 Å². The molecule has 0 aromatic rings. The summed E-state index contributed by atoms with van der Waals surface area (Å²) in [6.45, 7) is 25.2. The second kappa shape index (κ2) is 7.23. The molecule has 21 heavy (non-hydrogen) atoms. The van der Waals surface area contributed by atoms with Gasteiger partial charge >= 0.3 is 0 Å². The Hall–Kier alpha value is 0.274. The van der Waals surface area contributed by atoms with Crippen molar-refractivity contribution in [2.75, 3.05) is 19.6 Å². The number of hydrogen-bond donors (Lipinski definition) is 1. The molecule has 2 atom stereocenters. The fraction of sp³-hybridized carbons (Fsp3) is 1.00. The molecular weight excluding hydrogens is 292 g/mol. The van der Waals surface area contributed by atoms with Gasteiger partial charge in [0.25, 0.3) is 0 Å².